The Bertz CT molecular complexity index is 248. The van der Waals surface area contributed by atoms with E-state index in [2.05, 4.69) is 34.7 Å². The molecule has 100 valence electrons. The van der Waals surface area contributed by atoms with E-state index in [-0.39, 0.29) is 11.8 Å². The number of hydrogen-bond acceptors (Lipinski definition) is 2. The van der Waals surface area contributed by atoms with Crippen LogP contribution in [0.15, 0.2) is 0 Å². The largest absolute Gasteiger partial charge is 0.369 e. The SMILES string of the molecule is CC(CCBr)CCN1CC(C(N)=O)CCC1C. The molecule has 0 aliphatic carbocycles. The fourth-order valence-electron chi connectivity index (χ4n) is 2.44. The highest BCUT2D eigenvalue weighted by Crippen LogP contribution is 2.23. The van der Waals surface area contributed by atoms with Gasteiger partial charge in [0.05, 0.1) is 5.92 Å². The fraction of sp³-hybridized carbons (Fsp3) is 0.923. The second-order valence-corrected chi connectivity index (χ2v) is 6.19. The molecule has 0 spiro atoms. The van der Waals surface area contributed by atoms with Gasteiger partial charge in [-0.25, -0.2) is 0 Å². The van der Waals surface area contributed by atoms with E-state index in [0.29, 0.717) is 6.04 Å². The van der Waals surface area contributed by atoms with Crippen LogP contribution in [0.25, 0.3) is 0 Å². The number of carbonyl (C=O) groups is 1. The number of hydrogen-bond donors (Lipinski definition) is 1. The Balaban J connectivity index is 2.37. The van der Waals surface area contributed by atoms with Crippen LogP contribution in [0.4, 0.5) is 0 Å². The molecule has 17 heavy (non-hydrogen) atoms. The van der Waals surface area contributed by atoms with Crippen LogP contribution < -0.4 is 5.73 Å². The van der Waals surface area contributed by atoms with Gasteiger partial charge in [-0.2, -0.15) is 0 Å². The van der Waals surface area contributed by atoms with Crippen LogP contribution in [0.2, 0.25) is 0 Å². The van der Waals surface area contributed by atoms with Crippen molar-refractivity contribution in [3.63, 3.8) is 0 Å². The first kappa shape index (κ1) is 15.0. The van der Waals surface area contributed by atoms with Crippen molar-refractivity contribution in [1.29, 1.82) is 0 Å². The zero-order valence-corrected chi connectivity index (χ0v) is 12.6. The van der Waals surface area contributed by atoms with E-state index < -0.39 is 0 Å². The average Bonchev–Trinajstić information content (AvgIpc) is 2.28. The molecule has 3 atom stereocenters. The van der Waals surface area contributed by atoms with Crippen molar-refractivity contribution < 1.29 is 4.79 Å². The number of carbonyl (C=O) groups excluding carboxylic acids is 1. The second kappa shape index (κ2) is 7.37. The van der Waals surface area contributed by atoms with Gasteiger partial charge in [-0.05, 0) is 45.1 Å². The van der Waals surface area contributed by atoms with Crippen LogP contribution in [0.5, 0.6) is 0 Å². The normalized spacial score (nSPS) is 27.9. The van der Waals surface area contributed by atoms with Gasteiger partial charge in [0.15, 0.2) is 0 Å². The summed E-state index contributed by atoms with van der Waals surface area (Å²) < 4.78 is 0. The molecule has 0 radical (unpaired) electrons. The lowest BCUT2D eigenvalue weighted by atomic mass is 9.92. The Morgan fingerprint density at radius 2 is 2.18 bits per heavy atom. The van der Waals surface area contributed by atoms with Gasteiger partial charge in [0, 0.05) is 17.9 Å². The number of primary amides is 1. The number of piperidine rings is 1. The first-order valence-electron chi connectivity index (χ1n) is 6.64. The summed E-state index contributed by atoms with van der Waals surface area (Å²) in [7, 11) is 0. The molecule has 4 heteroatoms. The third-order valence-corrected chi connectivity index (χ3v) is 4.38. The Morgan fingerprint density at radius 3 is 2.76 bits per heavy atom. The van der Waals surface area contributed by atoms with Crippen LogP contribution in [-0.2, 0) is 4.79 Å². The summed E-state index contributed by atoms with van der Waals surface area (Å²) in [6.45, 7) is 6.50. The van der Waals surface area contributed by atoms with Crippen LogP contribution >= 0.6 is 15.9 Å². The van der Waals surface area contributed by atoms with Crippen LogP contribution in [0, 0.1) is 11.8 Å². The minimum absolute atomic E-state index is 0.0673. The predicted octanol–water partition coefficient (Wildman–Crippen LogP) is 2.38. The van der Waals surface area contributed by atoms with E-state index >= 15 is 0 Å². The summed E-state index contributed by atoms with van der Waals surface area (Å²) in [6.07, 6.45) is 4.49. The minimum atomic E-state index is -0.129. The second-order valence-electron chi connectivity index (χ2n) is 5.39. The van der Waals surface area contributed by atoms with Crippen molar-refractivity contribution in [1.82, 2.24) is 4.90 Å². The maximum atomic E-state index is 11.2. The molecule has 1 aliphatic rings. The lowest BCUT2D eigenvalue weighted by Gasteiger charge is -2.37. The van der Waals surface area contributed by atoms with Crippen molar-refractivity contribution >= 4 is 21.8 Å². The Hall–Kier alpha value is -0.0900. The smallest absolute Gasteiger partial charge is 0.221 e. The van der Waals surface area contributed by atoms with Gasteiger partial charge in [-0.15, -0.1) is 0 Å². The van der Waals surface area contributed by atoms with Crippen molar-refractivity contribution in [2.45, 2.75) is 45.6 Å². The Labute approximate surface area is 113 Å². The first-order chi connectivity index (χ1) is 8.04. The van der Waals surface area contributed by atoms with Gasteiger partial charge in [-0.1, -0.05) is 22.9 Å². The number of likely N-dealkylation sites (tertiary alicyclic amines) is 1. The van der Waals surface area contributed by atoms with E-state index in [0.717, 1.165) is 37.2 Å². The van der Waals surface area contributed by atoms with Gasteiger partial charge < -0.3 is 5.73 Å². The fourth-order valence-corrected chi connectivity index (χ4v) is 3.22. The summed E-state index contributed by atoms with van der Waals surface area (Å²) in [6, 6.07) is 0.599. The molecule has 3 unspecified atom stereocenters. The lowest BCUT2D eigenvalue weighted by molar-refractivity contribution is -0.124. The predicted molar refractivity (Wildman–Crippen MR) is 75.1 cm³/mol. The average molecular weight is 305 g/mol. The molecule has 1 aliphatic heterocycles. The molecule has 1 saturated heterocycles. The molecule has 0 aromatic rings. The molecule has 0 aromatic carbocycles. The van der Waals surface area contributed by atoms with E-state index in [1.807, 2.05) is 0 Å². The third kappa shape index (κ3) is 4.96. The van der Waals surface area contributed by atoms with Gasteiger partial charge >= 0.3 is 0 Å². The van der Waals surface area contributed by atoms with Crippen molar-refractivity contribution in [3.05, 3.63) is 0 Å². The standard InChI is InChI=1S/C13H25BrN2O/c1-10(5-7-14)6-8-16-9-12(13(15)17)4-3-11(16)2/h10-12H,3-9H2,1-2H3,(H2,15,17). The topological polar surface area (TPSA) is 46.3 Å². The highest BCUT2D eigenvalue weighted by molar-refractivity contribution is 9.09. The molecule has 1 fully saturated rings. The summed E-state index contributed by atoms with van der Waals surface area (Å²) >= 11 is 3.48. The highest BCUT2D eigenvalue weighted by atomic mass is 79.9. The molecule has 0 bridgehead atoms. The molecule has 1 amide bonds. The van der Waals surface area contributed by atoms with Gasteiger partial charge in [0.25, 0.3) is 0 Å². The van der Waals surface area contributed by atoms with Gasteiger partial charge in [0.1, 0.15) is 0 Å². The molecule has 1 heterocycles. The molecular weight excluding hydrogens is 280 g/mol. The summed E-state index contributed by atoms with van der Waals surface area (Å²) in [5, 5.41) is 1.08. The minimum Gasteiger partial charge on any atom is -0.369 e. The Morgan fingerprint density at radius 1 is 1.47 bits per heavy atom. The number of halogens is 1. The summed E-state index contributed by atoms with van der Waals surface area (Å²) in [5.74, 6) is 0.684. The quantitative estimate of drug-likeness (QED) is 0.766. The zero-order chi connectivity index (χ0) is 12.8. The number of alkyl halides is 1. The van der Waals surface area contributed by atoms with Crippen molar-refractivity contribution in [2.75, 3.05) is 18.4 Å². The summed E-state index contributed by atoms with van der Waals surface area (Å²) in [5.41, 5.74) is 5.41. The van der Waals surface area contributed by atoms with Crippen molar-refractivity contribution in [2.24, 2.45) is 17.6 Å². The molecular formula is C13H25BrN2O. The zero-order valence-electron chi connectivity index (χ0n) is 11.0. The van der Waals surface area contributed by atoms with Crippen LogP contribution in [-0.4, -0.2) is 35.3 Å². The van der Waals surface area contributed by atoms with Crippen molar-refractivity contribution in [3.8, 4) is 0 Å². The molecule has 1 rings (SSSR count). The Kier molecular flexibility index (Phi) is 6.49. The monoisotopic (exact) mass is 304 g/mol. The van der Waals surface area contributed by atoms with Crippen LogP contribution in [0.3, 0.4) is 0 Å². The number of amides is 1. The maximum Gasteiger partial charge on any atom is 0.221 e. The van der Waals surface area contributed by atoms with E-state index in [9.17, 15) is 4.79 Å². The molecule has 2 N–H and O–H groups in total. The number of rotatable bonds is 6. The maximum absolute atomic E-state index is 11.2. The molecule has 0 aromatic heterocycles. The van der Waals surface area contributed by atoms with E-state index in [4.69, 9.17) is 5.73 Å². The summed E-state index contributed by atoms with van der Waals surface area (Å²) in [4.78, 5) is 13.7. The lowest BCUT2D eigenvalue weighted by Crippen LogP contribution is -2.46. The first-order valence-corrected chi connectivity index (χ1v) is 7.76. The van der Waals surface area contributed by atoms with Gasteiger partial charge in [0.2, 0.25) is 5.91 Å². The molecule has 3 nitrogen and oxygen atoms in total. The van der Waals surface area contributed by atoms with Gasteiger partial charge in [-0.3, -0.25) is 9.69 Å². The molecule has 0 saturated carbocycles. The number of nitrogens with zero attached hydrogens (tertiary/aromatic N) is 1. The van der Waals surface area contributed by atoms with E-state index in [1.165, 1.54) is 12.8 Å². The van der Waals surface area contributed by atoms with Crippen LogP contribution in [0.1, 0.15) is 39.5 Å². The third-order valence-electron chi connectivity index (χ3n) is 3.92. The van der Waals surface area contributed by atoms with E-state index in [1.54, 1.807) is 0 Å². The highest BCUT2D eigenvalue weighted by Gasteiger charge is 2.28. The number of nitrogens with two attached hydrogens (primary N) is 1.